The molecule has 136 valence electrons. The van der Waals surface area contributed by atoms with Gasteiger partial charge in [-0.2, -0.15) is 0 Å². The summed E-state index contributed by atoms with van der Waals surface area (Å²) in [6.45, 7) is 2.04. The summed E-state index contributed by atoms with van der Waals surface area (Å²) in [5, 5.41) is 3.86. The Hall–Kier alpha value is -3.22. The number of rotatable bonds is 7. The lowest BCUT2D eigenvalue weighted by Gasteiger charge is -2.07. The van der Waals surface area contributed by atoms with Crippen LogP contribution in [0.2, 0.25) is 0 Å². The van der Waals surface area contributed by atoms with Gasteiger partial charge >= 0.3 is 0 Å². The van der Waals surface area contributed by atoms with Crippen LogP contribution in [0.3, 0.4) is 0 Å². The van der Waals surface area contributed by atoms with Crippen LogP contribution >= 0.6 is 0 Å². The van der Waals surface area contributed by atoms with Gasteiger partial charge in [0, 0.05) is 41.6 Å². The van der Waals surface area contributed by atoms with E-state index in [2.05, 4.69) is 15.3 Å². The normalized spacial score (nSPS) is 10.7. The molecule has 0 aliphatic rings. The fourth-order valence-corrected chi connectivity index (χ4v) is 2.69. The van der Waals surface area contributed by atoms with Gasteiger partial charge in [0.25, 0.3) is 5.91 Å². The predicted octanol–water partition coefficient (Wildman–Crippen LogP) is 1.91. The summed E-state index contributed by atoms with van der Waals surface area (Å²) in [7, 11) is 1.63. The highest BCUT2D eigenvalue weighted by Crippen LogP contribution is 2.23. The van der Waals surface area contributed by atoms with E-state index in [1.165, 1.54) is 12.3 Å². The first-order chi connectivity index (χ1) is 12.6. The van der Waals surface area contributed by atoms with Gasteiger partial charge < -0.3 is 24.8 Å². The van der Waals surface area contributed by atoms with E-state index in [1.54, 1.807) is 14.0 Å². The molecule has 0 saturated heterocycles. The number of aryl methyl sites for hydroxylation is 1. The number of hydrogen-bond acceptors (Lipinski definition) is 4. The third kappa shape index (κ3) is 4.05. The summed E-state index contributed by atoms with van der Waals surface area (Å²) in [6.07, 6.45) is 4.06. The van der Waals surface area contributed by atoms with E-state index in [1.807, 2.05) is 24.4 Å². The topological polar surface area (TPSA) is 96.2 Å². The molecule has 1 aromatic carbocycles. The van der Waals surface area contributed by atoms with E-state index in [0.717, 1.165) is 27.9 Å². The number of carbonyl (C=O) groups excluding carboxylic acids is 1. The van der Waals surface area contributed by atoms with E-state index >= 15 is 0 Å². The molecule has 0 atom stereocenters. The van der Waals surface area contributed by atoms with Gasteiger partial charge in [0.15, 0.2) is 12.4 Å². The van der Waals surface area contributed by atoms with Crippen molar-refractivity contribution in [1.29, 1.82) is 0 Å². The van der Waals surface area contributed by atoms with E-state index in [-0.39, 0.29) is 23.7 Å². The second kappa shape index (κ2) is 7.77. The average molecular weight is 355 g/mol. The number of pyridine rings is 1. The summed E-state index contributed by atoms with van der Waals surface area (Å²) < 4.78 is 10.5. The molecular weight excluding hydrogens is 334 g/mol. The van der Waals surface area contributed by atoms with Crippen molar-refractivity contribution in [3.05, 3.63) is 58.1 Å². The first kappa shape index (κ1) is 17.6. The summed E-state index contributed by atoms with van der Waals surface area (Å²) in [4.78, 5) is 29.7. The Labute approximate surface area is 150 Å². The van der Waals surface area contributed by atoms with E-state index in [9.17, 15) is 9.59 Å². The molecule has 3 aromatic rings. The first-order valence-corrected chi connectivity index (χ1v) is 8.29. The molecule has 0 bridgehead atoms. The third-order valence-corrected chi connectivity index (χ3v) is 4.07. The molecule has 2 heterocycles. The average Bonchev–Trinajstić information content (AvgIpc) is 3.03. The Morgan fingerprint density at radius 3 is 2.81 bits per heavy atom. The summed E-state index contributed by atoms with van der Waals surface area (Å²) in [5.41, 5.74) is 2.60. The zero-order chi connectivity index (χ0) is 18.5. The Balaban J connectivity index is 1.51. The molecule has 0 aliphatic carbocycles. The molecule has 0 fully saturated rings. The number of aromatic nitrogens is 2. The molecule has 26 heavy (non-hydrogen) atoms. The molecule has 7 nitrogen and oxygen atoms in total. The Morgan fingerprint density at radius 2 is 2.04 bits per heavy atom. The number of ether oxygens (including phenoxy) is 2. The number of amides is 1. The number of nitrogens with one attached hydrogen (secondary N) is 3. The fourth-order valence-electron chi connectivity index (χ4n) is 2.69. The molecule has 1 amide bonds. The van der Waals surface area contributed by atoms with E-state index in [4.69, 9.17) is 9.47 Å². The smallest absolute Gasteiger partial charge is 0.257 e. The van der Waals surface area contributed by atoms with Gasteiger partial charge in [0.1, 0.15) is 5.75 Å². The van der Waals surface area contributed by atoms with Crippen LogP contribution in [0.4, 0.5) is 0 Å². The van der Waals surface area contributed by atoms with Crippen molar-refractivity contribution in [2.45, 2.75) is 13.3 Å². The lowest BCUT2D eigenvalue weighted by molar-refractivity contribution is -0.123. The van der Waals surface area contributed by atoms with E-state index < -0.39 is 0 Å². The highest BCUT2D eigenvalue weighted by Gasteiger charge is 2.08. The number of fused-ring (bicyclic) bond motifs is 1. The fraction of sp³-hybridized carbons (Fsp3) is 0.263. The SMILES string of the molecule is COc1ccc2[nH]cc(CCNC(=O)COc3c[nH]c(C)cc3=O)c2c1. The van der Waals surface area contributed by atoms with Gasteiger partial charge in [0.05, 0.1) is 7.11 Å². The van der Waals surface area contributed by atoms with Gasteiger partial charge in [-0.1, -0.05) is 0 Å². The van der Waals surface area contributed by atoms with Gasteiger partial charge in [-0.25, -0.2) is 0 Å². The van der Waals surface area contributed by atoms with Crippen molar-refractivity contribution in [2.75, 3.05) is 20.3 Å². The van der Waals surface area contributed by atoms with E-state index in [0.29, 0.717) is 13.0 Å². The van der Waals surface area contributed by atoms with Gasteiger partial charge in [-0.3, -0.25) is 9.59 Å². The maximum atomic E-state index is 11.9. The molecule has 3 rings (SSSR count). The van der Waals surface area contributed by atoms with Crippen LogP contribution in [-0.2, 0) is 11.2 Å². The maximum Gasteiger partial charge on any atom is 0.257 e. The monoisotopic (exact) mass is 355 g/mol. The molecule has 2 aromatic heterocycles. The van der Waals surface area contributed by atoms with Gasteiger partial charge in [0.2, 0.25) is 5.43 Å². The van der Waals surface area contributed by atoms with Crippen LogP contribution in [-0.4, -0.2) is 36.1 Å². The Morgan fingerprint density at radius 1 is 1.19 bits per heavy atom. The molecule has 0 radical (unpaired) electrons. The molecule has 0 spiro atoms. The first-order valence-electron chi connectivity index (χ1n) is 8.29. The van der Waals surface area contributed by atoms with Crippen molar-refractivity contribution in [2.24, 2.45) is 0 Å². The summed E-state index contributed by atoms with van der Waals surface area (Å²) >= 11 is 0. The number of H-pyrrole nitrogens is 2. The van der Waals surface area contributed by atoms with Crippen LogP contribution in [0.5, 0.6) is 11.5 Å². The minimum absolute atomic E-state index is 0.134. The van der Waals surface area contributed by atoms with Crippen molar-refractivity contribution < 1.29 is 14.3 Å². The van der Waals surface area contributed by atoms with Crippen LogP contribution in [0.1, 0.15) is 11.3 Å². The van der Waals surface area contributed by atoms with Crippen molar-refractivity contribution >= 4 is 16.8 Å². The van der Waals surface area contributed by atoms with Crippen LogP contribution in [0.25, 0.3) is 10.9 Å². The molecule has 3 N–H and O–H groups in total. The second-order valence-electron chi connectivity index (χ2n) is 5.96. The summed E-state index contributed by atoms with van der Waals surface area (Å²) in [6, 6.07) is 7.26. The van der Waals surface area contributed by atoms with Crippen molar-refractivity contribution in [1.82, 2.24) is 15.3 Å². The minimum atomic E-state index is -0.276. The Kier molecular flexibility index (Phi) is 5.26. The molecule has 0 aliphatic heterocycles. The van der Waals surface area contributed by atoms with Gasteiger partial charge in [-0.15, -0.1) is 0 Å². The number of hydrogen-bond donors (Lipinski definition) is 3. The third-order valence-electron chi connectivity index (χ3n) is 4.07. The number of methoxy groups -OCH3 is 1. The quantitative estimate of drug-likeness (QED) is 0.603. The zero-order valence-corrected chi connectivity index (χ0v) is 14.7. The standard InChI is InChI=1S/C19H21N3O4/c1-12-7-17(23)18(10-21-12)26-11-19(24)20-6-5-13-9-22-16-4-3-14(25-2)8-15(13)16/h3-4,7-10,22H,5-6,11H2,1-2H3,(H,20,24)(H,21,23). The van der Waals surface area contributed by atoms with Crippen molar-refractivity contribution in [3.63, 3.8) is 0 Å². The number of carbonyl (C=O) groups is 1. The number of aromatic amines is 2. The van der Waals surface area contributed by atoms with Gasteiger partial charge in [-0.05, 0) is 37.1 Å². The zero-order valence-electron chi connectivity index (χ0n) is 14.7. The minimum Gasteiger partial charge on any atom is -0.497 e. The van der Waals surface area contributed by atoms with Crippen molar-refractivity contribution in [3.8, 4) is 11.5 Å². The highest BCUT2D eigenvalue weighted by atomic mass is 16.5. The lowest BCUT2D eigenvalue weighted by Crippen LogP contribution is -2.31. The highest BCUT2D eigenvalue weighted by molar-refractivity contribution is 5.84. The molecule has 7 heteroatoms. The summed E-state index contributed by atoms with van der Waals surface area (Å²) in [5.74, 6) is 0.649. The van der Waals surface area contributed by atoms with Crippen LogP contribution in [0.15, 0.2) is 41.5 Å². The van der Waals surface area contributed by atoms with Crippen LogP contribution < -0.4 is 20.2 Å². The molecule has 0 unspecified atom stereocenters. The largest absolute Gasteiger partial charge is 0.497 e. The molecular formula is C19H21N3O4. The maximum absolute atomic E-state index is 11.9. The lowest BCUT2D eigenvalue weighted by atomic mass is 10.1. The van der Waals surface area contributed by atoms with Crippen LogP contribution in [0, 0.1) is 6.92 Å². The second-order valence-corrected chi connectivity index (χ2v) is 5.96. The molecule has 0 saturated carbocycles. The Bertz CT molecular complexity index is 974. The number of benzene rings is 1. The predicted molar refractivity (Wildman–Crippen MR) is 98.9 cm³/mol.